The lowest BCUT2D eigenvalue weighted by Crippen LogP contribution is -2.28. The molecule has 1 atom stereocenters. The van der Waals surface area contributed by atoms with E-state index in [1.807, 2.05) is 35.7 Å². The van der Waals surface area contributed by atoms with Crippen molar-refractivity contribution >= 4 is 11.3 Å². The average molecular weight is 292 g/mol. The van der Waals surface area contributed by atoms with E-state index >= 15 is 0 Å². The van der Waals surface area contributed by atoms with Crippen molar-refractivity contribution in [3.8, 4) is 11.5 Å². The van der Waals surface area contributed by atoms with Crippen molar-refractivity contribution in [2.24, 2.45) is 5.84 Å². The van der Waals surface area contributed by atoms with Gasteiger partial charge in [0.05, 0.1) is 19.8 Å². The molecular formula is C15H20N2O2S. The molecule has 5 heteroatoms. The van der Waals surface area contributed by atoms with Crippen molar-refractivity contribution in [2.45, 2.75) is 19.4 Å². The molecule has 0 amide bonds. The van der Waals surface area contributed by atoms with Crippen LogP contribution in [0, 0.1) is 0 Å². The van der Waals surface area contributed by atoms with E-state index in [4.69, 9.17) is 15.3 Å². The zero-order valence-corrected chi connectivity index (χ0v) is 12.6. The Hall–Kier alpha value is -1.56. The lowest BCUT2D eigenvalue weighted by molar-refractivity contribution is 0.312. The molecule has 0 saturated carbocycles. The Labute approximate surface area is 123 Å². The number of hydrogen-bond acceptors (Lipinski definition) is 5. The first-order valence-corrected chi connectivity index (χ1v) is 7.48. The van der Waals surface area contributed by atoms with Gasteiger partial charge in [-0.2, -0.15) is 0 Å². The number of para-hydroxylation sites is 1. The predicted octanol–water partition coefficient (Wildman–Crippen LogP) is 3.10. The highest BCUT2D eigenvalue weighted by Crippen LogP contribution is 2.34. The zero-order valence-electron chi connectivity index (χ0n) is 11.8. The number of benzene rings is 1. The normalized spacial score (nSPS) is 12.2. The summed E-state index contributed by atoms with van der Waals surface area (Å²) in [5, 5.41) is 1.97. The highest BCUT2D eigenvalue weighted by Gasteiger charge is 2.19. The Bertz CT molecular complexity index is 542. The number of nitrogens with one attached hydrogen (secondary N) is 1. The molecule has 0 bridgehead atoms. The molecule has 0 fully saturated rings. The Morgan fingerprint density at radius 3 is 2.80 bits per heavy atom. The van der Waals surface area contributed by atoms with Crippen LogP contribution < -0.4 is 20.7 Å². The van der Waals surface area contributed by atoms with Crippen molar-refractivity contribution in [3.05, 3.63) is 46.2 Å². The summed E-state index contributed by atoms with van der Waals surface area (Å²) in [6, 6.07) is 9.85. The maximum atomic E-state index is 5.80. The lowest BCUT2D eigenvalue weighted by Gasteiger charge is -2.18. The number of thiophene rings is 1. The fraction of sp³-hybridized carbons (Fsp3) is 0.333. The van der Waals surface area contributed by atoms with Gasteiger partial charge in [-0.1, -0.05) is 25.1 Å². The fourth-order valence-corrected chi connectivity index (χ4v) is 2.91. The van der Waals surface area contributed by atoms with Crippen molar-refractivity contribution in [1.29, 1.82) is 0 Å². The molecule has 1 aromatic heterocycles. The van der Waals surface area contributed by atoms with Crippen LogP contribution in [0.15, 0.2) is 35.7 Å². The van der Waals surface area contributed by atoms with Crippen molar-refractivity contribution < 1.29 is 9.47 Å². The Morgan fingerprint density at radius 2 is 2.15 bits per heavy atom. The summed E-state index contributed by atoms with van der Waals surface area (Å²) in [6.07, 6.45) is 0.974. The van der Waals surface area contributed by atoms with Crippen LogP contribution in [0.5, 0.6) is 11.5 Å². The zero-order chi connectivity index (χ0) is 14.4. The second-order valence-electron chi connectivity index (χ2n) is 4.37. The third kappa shape index (κ3) is 3.30. The van der Waals surface area contributed by atoms with Gasteiger partial charge in [-0.3, -0.25) is 5.84 Å². The number of hydrogen-bond donors (Lipinski definition) is 2. The summed E-state index contributed by atoms with van der Waals surface area (Å²) in [7, 11) is 1.66. The smallest absolute Gasteiger partial charge is 0.129 e. The van der Waals surface area contributed by atoms with Crippen molar-refractivity contribution in [1.82, 2.24) is 5.43 Å². The first-order chi connectivity index (χ1) is 9.80. The van der Waals surface area contributed by atoms with Gasteiger partial charge in [0.25, 0.3) is 0 Å². The highest BCUT2D eigenvalue weighted by molar-refractivity contribution is 7.10. The van der Waals surface area contributed by atoms with Gasteiger partial charge in [0.15, 0.2) is 0 Å². The molecule has 0 spiro atoms. The van der Waals surface area contributed by atoms with Gasteiger partial charge < -0.3 is 9.47 Å². The van der Waals surface area contributed by atoms with Crippen LogP contribution in [0.1, 0.15) is 29.8 Å². The van der Waals surface area contributed by atoms with Gasteiger partial charge in [-0.05, 0) is 18.6 Å². The van der Waals surface area contributed by atoms with E-state index in [-0.39, 0.29) is 6.04 Å². The quantitative estimate of drug-likeness (QED) is 0.608. The van der Waals surface area contributed by atoms with Crippen molar-refractivity contribution in [2.75, 3.05) is 13.7 Å². The maximum absolute atomic E-state index is 5.80. The minimum atomic E-state index is -0.100. The summed E-state index contributed by atoms with van der Waals surface area (Å²) >= 11 is 1.61. The predicted molar refractivity (Wildman–Crippen MR) is 82.3 cm³/mol. The van der Waals surface area contributed by atoms with E-state index in [9.17, 15) is 0 Å². The van der Waals surface area contributed by atoms with Crippen LogP contribution in [0.2, 0.25) is 0 Å². The van der Waals surface area contributed by atoms with Crippen LogP contribution in [-0.4, -0.2) is 13.7 Å². The van der Waals surface area contributed by atoms with Gasteiger partial charge >= 0.3 is 0 Å². The van der Waals surface area contributed by atoms with Crippen LogP contribution in [0.25, 0.3) is 0 Å². The van der Waals surface area contributed by atoms with Gasteiger partial charge in [0.2, 0.25) is 0 Å². The number of nitrogens with two attached hydrogens (primary N) is 1. The average Bonchev–Trinajstić information content (AvgIpc) is 2.96. The first-order valence-electron chi connectivity index (χ1n) is 6.60. The van der Waals surface area contributed by atoms with Gasteiger partial charge in [-0.25, -0.2) is 5.43 Å². The minimum absolute atomic E-state index is 0.100. The van der Waals surface area contributed by atoms with Crippen LogP contribution in [0.4, 0.5) is 0 Å². The number of methoxy groups -OCH3 is 1. The Balaban J connectivity index is 2.31. The van der Waals surface area contributed by atoms with Gasteiger partial charge in [0, 0.05) is 15.8 Å². The molecule has 108 valence electrons. The molecule has 0 aliphatic carbocycles. The fourth-order valence-electron chi connectivity index (χ4n) is 1.98. The number of ether oxygens (including phenoxy) is 2. The molecule has 20 heavy (non-hydrogen) atoms. The monoisotopic (exact) mass is 292 g/mol. The molecule has 0 saturated heterocycles. The summed E-state index contributed by atoms with van der Waals surface area (Å²) in [4.78, 5) is 1.09. The summed E-state index contributed by atoms with van der Waals surface area (Å²) in [5.74, 6) is 7.46. The van der Waals surface area contributed by atoms with Gasteiger partial charge in [0.1, 0.15) is 11.5 Å². The van der Waals surface area contributed by atoms with Gasteiger partial charge in [-0.15, -0.1) is 11.3 Å². The number of rotatable bonds is 7. The standard InChI is InChI=1S/C15H20N2O2S/c1-3-8-19-13-7-5-4-6-12(13)15(17-16)14-9-11(18-2)10-20-14/h4-7,9-10,15,17H,3,8,16H2,1-2H3. The minimum Gasteiger partial charge on any atom is -0.496 e. The second kappa shape index (κ2) is 7.28. The first kappa shape index (κ1) is 14.8. The third-order valence-corrected chi connectivity index (χ3v) is 3.95. The van der Waals surface area contributed by atoms with E-state index in [0.717, 1.165) is 28.4 Å². The highest BCUT2D eigenvalue weighted by atomic mass is 32.1. The van der Waals surface area contributed by atoms with Crippen LogP contribution in [-0.2, 0) is 0 Å². The maximum Gasteiger partial charge on any atom is 0.129 e. The topological polar surface area (TPSA) is 56.5 Å². The molecule has 3 N–H and O–H groups in total. The van der Waals surface area contributed by atoms with E-state index < -0.39 is 0 Å². The molecule has 0 radical (unpaired) electrons. The lowest BCUT2D eigenvalue weighted by atomic mass is 10.0. The summed E-state index contributed by atoms with van der Waals surface area (Å²) < 4.78 is 11.0. The molecule has 1 aromatic carbocycles. The largest absolute Gasteiger partial charge is 0.496 e. The van der Waals surface area contributed by atoms with Crippen LogP contribution >= 0.6 is 11.3 Å². The van der Waals surface area contributed by atoms with E-state index in [1.54, 1.807) is 18.4 Å². The molecule has 4 nitrogen and oxygen atoms in total. The molecule has 0 aliphatic rings. The molecule has 2 rings (SSSR count). The van der Waals surface area contributed by atoms with Crippen LogP contribution in [0.3, 0.4) is 0 Å². The number of hydrazine groups is 1. The second-order valence-corrected chi connectivity index (χ2v) is 5.32. The van der Waals surface area contributed by atoms with E-state index in [0.29, 0.717) is 6.61 Å². The van der Waals surface area contributed by atoms with E-state index in [2.05, 4.69) is 12.3 Å². The summed E-state index contributed by atoms with van der Waals surface area (Å²) in [5.41, 5.74) is 3.90. The molecular weight excluding hydrogens is 272 g/mol. The SMILES string of the molecule is CCCOc1ccccc1C(NN)c1cc(OC)cs1. The molecule has 1 heterocycles. The molecule has 0 aliphatic heterocycles. The summed E-state index contributed by atoms with van der Waals surface area (Å²) in [6.45, 7) is 2.79. The molecule has 2 aromatic rings. The third-order valence-electron chi connectivity index (χ3n) is 2.97. The Kier molecular flexibility index (Phi) is 5.40. The Morgan fingerprint density at radius 1 is 1.35 bits per heavy atom. The van der Waals surface area contributed by atoms with E-state index in [1.165, 1.54) is 0 Å². The van der Waals surface area contributed by atoms with Crippen molar-refractivity contribution in [3.63, 3.8) is 0 Å². The molecule has 1 unspecified atom stereocenters.